The van der Waals surface area contributed by atoms with Gasteiger partial charge in [-0.3, -0.25) is 14.5 Å². The van der Waals surface area contributed by atoms with Crippen LogP contribution in [0.1, 0.15) is 16.1 Å². The summed E-state index contributed by atoms with van der Waals surface area (Å²) in [6.45, 7) is 0. The monoisotopic (exact) mass is 592 g/mol. The number of hydrogen-bond donors (Lipinski definition) is 4. The van der Waals surface area contributed by atoms with E-state index in [0.29, 0.717) is 5.57 Å². The number of oxime groups is 1. The van der Waals surface area contributed by atoms with E-state index in [0.717, 1.165) is 32.6 Å². The number of β-lactam (4-membered cyclic amide) rings is 1. The minimum Gasteiger partial charge on any atom is -0.478 e. The fourth-order valence-corrected chi connectivity index (χ4v) is 6.73. The molecule has 0 aromatic carbocycles. The molecule has 0 bridgehead atoms. The van der Waals surface area contributed by atoms with Gasteiger partial charge in [0.1, 0.15) is 40.5 Å². The number of anilines is 1. The minimum atomic E-state index is -1.32. The molecule has 1 fully saturated rings. The van der Waals surface area contributed by atoms with Crippen LogP contribution in [0, 0.1) is 0 Å². The Morgan fingerprint density at radius 3 is 2.79 bits per heavy atom. The molecule has 2 atom stereocenters. The molecule has 2 amide bonds. The molecule has 3 aromatic heterocycles. The maximum Gasteiger partial charge on any atom is 0.352 e. The summed E-state index contributed by atoms with van der Waals surface area (Å²) < 4.78 is 0.970. The highest BCUT2D eigenvalue weighted by atomic mass is 32.2. The summed E-state index contributed by atoms with van der Waals surface area (Å²) in [5.41, 5.74) is 5.62. The van der Waals surface area contributed by atoms with Crippen molar-refractivity contribution in [2.45, 2.75) is 16.4 Å². The number of carboxylic acid groups (broad SMARTS) is 2. The predicted octanol–water partition coefficient (Wildman–Crippen LogP) is -0.862. The number of nitrogens with zero attached hydrogens (tertiary/aromatic N) is 8. The third kappa shape index (κ3) is 4.83. The van der Waals surface area contributed by atoms with Gasteiger partial charge in [0, 0.05) is 16.9 Å². The Balaban J connectivity index is 1.33. The number of carboxylic acids is 2. The summed E-state index contributed by atoms with van der Waals surface area (Å²) in [5.74, 6) is -3.59. The lowest BCUT2D eigenvalue weighted by Crippen LogP contribution is -2.71. The highest BCUT2D eigenvalue weighted by Gasteiger charge is 2.54. The summed E-state index contributed by atoms with van der Waals surface area (Å²) in [6, 6.07) is 0.277. The fraction of sp³-hybridized carbons (Fsp3) is 0.263. The van der Waals surface area contributed by atoms with E-state index in [-0.39, 0.29) is 50.0 Å². The number of nitrogen functional groups attached to an aromatic ring is 1. The average Bonchev–Trinajstić information content (AvgIpc) is 3.56. The number of hydrogen-bond acceptors (Lipinski definition) is 15. The predicted molar refractivity (Wildman–Crippen MR) is 136 cm³/mol. The molecule has 202 valence electrons. The molecule has 0 radical (unpaired) electrons. The SMILES string of the molecule is CON=C(C(=O)NC1C(=O)N2C(C(=O)O)=C(CSc3cc(C(=O)O)c4nnnn4n3)CS[C@@H]12)c1csc(N)n1. The first-order valence-electron chi connectivity index (χ1n) is 10.7. The molecule has 5 rings (SSSR count). The third-order valence-electron chi connectivity index (χ3n) is 5.48. The largest absolute Gasteiger partial charge is 0.478 e. The van der Waals surface area contributed by atoms with Crippen LogP contribution in [0.15, 0.2) is 32.9 Å². The lowest BCUT2D eigenvalue weighted by molar-refractivity contribution is -0.150. The van der Waals surface area contributed by atoms with E-state index in [4.69, 9.17) is 10.6 Å². The highest BCUT2D eigenvalue weighted by molar-refractivity contribution is 8.01. The third-order valence-corrected chi connectivity index (χ3v) is 8.48. The van der Waals surface area contributed by atoms with E-state index >= 15 is 0 Å². The van der Waals surface area contributed by atoms with E-state index < -0.39 is 35.2 Å². The number of fused-ring (bicyclic) bond motifs is 2. The molecule has 0 saturated carbocycles. The van der Waals surface area contributed by atoms with Gasteiger partial charge in [0.2, 0.25) is 5.65 Å². The van der Waals surface area contributed by atoms with Gasteiger partial charge >= 0.3 is 11.9 Å². The molecule has 3 aromatic rings. The Kier molecular flexibility index (Phi) is 7.06. The molecule has 1 saturated heterocycles. The van der Waals surface area contributed by atoms with Gasteiger partial charge in [-0.25, -0.2) is 14.6 Å². The van der Waals surface area contributed by atoms with Crippen LogP contribution in [0.4, 0.5) is 5.13 Å². The molecule has 39 heavy (non-hydrogen) atoms. The second-order valence-electron chi connectivity index (χ2n) is 7.79. The topological polar surface area (TPSA) is 240 Å². The molecule has 5 heterocycles. The lowest BCUT2D eigenvalue weighted by atomic mass is 10.0. The highest BCUT2D eigenvalue weighted by Crippen LogP contribution is 2.41. The van der Waals surface area contributed by atoms with E-state index in [9.17, 15) is 29.4 Å². The van der Waals surface area contributed by atoms with Crippen molar-refractivity contribution >= 4 is 75.1 Å². The second-order valence-corrected chi connectivity index (χ2v) is 10.8. The molecule has 2 aliphatic heterocycles. The van der Waals surface area contributed by atoms with Crippen LogP contribution in [-0.2, 0) is 19.2 Å². The molecule has 1 unspecified atom stereocenters. The molecule has 2 aliphatic rings. The van der Waals surface area contributed by atoms with Gasteiger partial charge in [0.25, 0.3) is 11.8 Å². The number of aromatic nitrogens is 6. The Morgan fingerprint density at radius 2 is 2.13 bits per heavy atom. The van der Waals surface area contributed by atoms with Crippen molar-refractivity contribution in [1.82, 2.24) is 40.5 Å². The van der Waals surface area contributed by atoms with Crippen LogP contribution in [0.5, 0.6) is 0 Å². The van der Waals surface area contributed by atoms with Gasteiger partial charge in [0.05, 0.1) is 0 Å². The number of aliphatic carboxylic acids is 1. The zero-order valence-corrected chi connectivity index (χ0v) is 22.0. The number of amides is 2. The summed E-state index contributed by atoms with van der Waals surface area (Å²) in [5, 5.41) is 41.7. The normalized spacial score (nSPS) is 19.1. The maximum absolute atomic E-state index is 13.0. The Bertz CT molecular complexity index is 1580. The number of nitrogens with one attached hydrogen (secondary N) is 1. The van der Waals surface area contributed by atoms with Crippen molar-refractivity contribution in [2.75, 3.05) is 24.3 Å². The number of rotatable bonds is 9. The number of tetrazole rings is 1. The Labute approximate surface area is 229 Å². The van der Waals surface area contributed by atoms with Crippen molar-refractivity contribution < 1.29 is 34.2 Å². The Hall–Kier alpha value is -4.30. The Morgan fingerprint density at radius 1 is 1.33 bits per heavy atom. The van der Waals surface area contributed by atoms with Crippen molar-refractivity contribution in [3.8, 4) is 0 Å². The van der Waals surface area contributed by atoms with E-state index in [1.807, 2.05) is 0 Å². The molecule has 17 nitrogen and oxygen atoms in total. The smallest absolute Gasteiger partial charge is 0.352 e. The first-order valence-corrected chi connectivity index (χ1v) is 13.6. The van der Waals surface area contributed by atoms with Crippen LogP contribution in [0.3, 0.4) is 0 Å². The summed E-state index contributed by atoms with van der Waals surface area (Å²) in [6.07, 6.45) is 0. The van der Waals surface area contributed by atoms with Crippen molar-refractivity contribution in [1.29, 1.82) is 0 Å². The molecule has 20 heteroatoms. The van der Waals surface area contributed by atoms with Crippen LogP contribution >= 0.6 is 34.9 Å². The number of carbonyl (C=O) groups excluding carboxylic acids is 2. The van der Waals surface area contributed by atoms with E-state index in [1.54, 1.807) is 0 Å². The zero-order valence-electron chi connectivity index (χ0n) is 19.5. The van der Waals surface area contributed by atoms with Crippen molar-refractivity contribution in [3.63, 3.8) is 0 Å². The molecule has 5 N–H and O–H groups in total. The van der Waals surface area contributed by atoms with Gasteiger partial charge in [0.15, 0.2) is 10.8 Å². The number of thiazole rings is 1. The zero-order chi connectivity index (χ0) is 27.8. The van der Waals surface area contributed by atoms with Gasteiger partial charge in [-0.2, -0.15) is 0 Å². The summed E-state index contributed by atoms with van der Waals surface area (Å²) >= 11 is 3.43. The number of carbonyl (C=O) groups is 4. The number of aromatic carboxylic acids is 1. The lowest BCUT2D eigenvalue weighted by Gasteiger charge is -2.49. The van der Waals surface area contributed by atoms with Crippen LogP contribution < -0.4 is 11.1 Å². The second kappa shape index (κ2) is 10.5. The fourth-order valence-electron chi connectivity index (χ4n) is 3.81. The first kappa shape index (κ1) is 26.3. The van der Waals surface area contributed by atoms with E-state index in [1.165, 1.54) is 30.3 Å². The van der Waals surface area contributed by atoms with Crippen LogP contribution in [-0.4, -0.2) is 105 Å². The molecule has 0 aliphatic carbocycles. The number of nitrogens with two attached hydrogens (primary N) is 1. The van der Waals surface area contributed by atoms with Gasteiger partial charge in [-0.05, 0) is 22.1 Å². The van der Waals surface area contributed by atoms with Gasteiger partial charge < -0.3 is 26.1 Å². The maximum atomic E-state index is 13.0. The van der Waals surface area contributed by atoms with E-state index in [2.05, 4.69) is 36.1 Å². The van der Waals surface area contributed by atoms with Crippen LogP contribution in [0.25, 0.3) is 5.65 Å². The van der Waals surface area contributed by atoms with Crippen LogP contribution in [0.2, 0.25) is 0 Å². The summed E-state index contributed by atoms with van der Waals surface area (Å²) in [7, 11) is 1.25. The number of thioether (sulfide) groups is 2. The summed E-state index contributed by atoms with van der Waals surface area (Å²) in [4.78, 5) is 59.5. The quantitative estimate of drug-likeness (QED) is 0.102. The van der Waals surface area contributed by atoms with Gasteiger partial charge in [-0.1, -0.05) is 16.9 Å². The van der Waals surface area contributed by atoms with Crippen molar-refractivity contribution in [3.05, 3.63) is 34.0 Å². The molecular formula is C19H16N10O7S3. The first-order chi connectivity index (χ1) is 18.7. The standard InChI is InChI=1S/C19H16N10O7S3/c1-36-25-10(8-5-39-19(20)21-8)14(30)22-11-15(31)28-12(18(34)35)6(4-38-16(11)28)3-37-9-2-7(17(32)33)13-23-26-27-29(13)24-9/h2,5,11,16H,3-4H2,1H3,(H2,20,21)(H,22,30)(H,32,33)(H,34,35)/t11?,16-/m0/s1. The minimum absolute atomic E-state index is 0.0374. The van der Waals surface area contributed by atoms with Crippen molar-refractivity contribution in [2.24, 2.45) is 5.16 Å². The van der Waals surface area contributed by atoms with Gasteiger partial charge in [-0.15, -0.1) is 37.9 Å². The average molecular weight is 593 g/mol. The molecule has 0 spiro atoms. The molecular weight excluding hydrogens is 576 g/mol.